The molecule has 2 N–H and O–H groups in total. The normalized spacial score (nSPS) is 10.7. The van der Waals surface area contributed by atoms with Gasteiger partial charge in [0.05, 0.1) is 5.69 Å². The van der Waals surface area contributed by atoms with Crippen LogP contribution in [-0.4, -0.2) is 21.6 Å². The molecule has 160 valence electrons. The van der Waals surface area contributed by atoms with Crippen LogP contribution < -0.4 is 16.2 Å². The third kappa shape index (κ3) is 5.63. The maximum absolute atomic E-state index is 13.4. The topological polar surface area (TPSA) is 93.1 Å². The van der Waals surface area contributed by atoms with E-state index in [9.17, 15) is 18.8 Å². The van der Waals surface area contributed by atoms with E-state index in [1.54, 1.807) is 13.8 Å². The number of aryl methyl sites for hydroxylation is 1. The Hall–Kier alpha value is -3.81. The number of benzene rings is 2. The van der Waals surface area contributed by atoms with Crippen molar-refractivity contribution in [3.05, 3.63) is 76.3 Å². The van der Waals surface area contributed by atoms with Crippen molar-refractivity contribution in [2.24, 2.45) is 5.92 Å². The van der Waals surface area contributed by atoms with E-state index in [1.807, 2.05) is 31.2 Å². The van der Waals surface area contributed by atoms with Crippen LogP contribution in [0.3, 0.4) is 0 Å². The number of nitrogens with zero attached hydrogens (tertiary/aromatic N) is 2. The van der Waals surface area contributed by atoms with Crippen LogP contribution >= 0.6 is 0 Å². The Balaban J connectivity index is 1.96. The minimum absolute atomic E-state index is 0.0304. The Morgan fingerprint density at radius 1 is 1.06 bits per heavy atom. The molecule has 0 saturated heterocycles. The van der Waals surface area contributed by atoms with Crippen LogP contribution in [0.1, 0.15) is 19.4 Å². The molecule has 0 fully saturated rings. The van der Waals surface area contributed by atoms with Crippen molar-refractivity contribution in [3.63, 3.8) is 0 Å². The van der Waals surface area contributed by atoms with Crippen molar-refractivity contribution in [1.82, 2.24) is 9.78 Å². The summed E-state index contributed by atoms with van der Waals surface area (Å²) >= 11 is 0. The molecule has 0 saturated carbocycles. The van der Waals surface area contributed by atoms with Gasteiger partial charge in [-0.2, -0.15) is 5.10 Å². The van der Waals surface area contributed by atoms with Gasteiger partial charge in [-0.3, -0.25) is 14.4 Å². The third-order valence-corrected chi connectivity index (χ3v) is 4.51. The van der Waals surface area contributed by atoms with Crippen molar-refractivity contribution in [3.8, 4) is 11.3 Å². The molecule has 0 bridgehead atoms. The van der Waals surface area contributed by atoms with Crippen LogP contribution in [0.4, 0.5) is 15.8 Å². The van der Waals surface area contributed by atoms with Crippen LogP contribution in [0.5, 0.6) is 0 Å². The first-order chi connectivity index (χ1) is 14.7. The predicted molar refractivity (Wildman–Crippen MR) is 117 cm³/mol. The lowest BCUT2D eigenvalue weighted by Crippen LogP contribution is -2.33. The maximum atomic E-state index is 13.4. The zero-order chi connectivity index (χ0) is 22.5. The quantitative estimate of drug-likeness (QED) is 0.635. The van der Waals surface area contributed by atoms with Crippen LogP contribution in [0, 0.1) is 18.7 Å². The fraction of sp³-hybridized carbons (Fsp3) is 0.217. The van der Waals surface area contributed by atoms with E-state index >= 15 is 0 Å². The molecule has 2 amide bonds. The number of anilines is 2. The Labute approximate surface area is 178 Å². The van der Waals surface area contributed by atoms with Crippen molar-refractivity contribution in [2.75, 3.05) is 10.6 Å². The number of hydrogen-bond donors (Lipinski definition) is 2. The summed E-state index contributed by atoms with van der Waals surface area (Å²) in [6, 6.07) is 14.4. The summed E-state index contributed by atoms with van der Waals surface area (Å²) in [7, 11) is 0. The number of aromatic nitrogens is 2. The fourth-order valence-corrected chi connectivity index (χ4v) is 2.78. The summed E-state index contributed by atoms with van der Waals surface area (Å²) in [5.74, 6) is -1.70. The van der Waals surface area contributed by atoms with E-state index in [4.69, 9.17) is 0 Å². The van der Waals surface area contributed by atoms with Crippen LogP contribution in [0.25, 0.3) is 11.3 Å². The Kier molecular flexibility index (Phi) is 6.59. The average Bonchev–Trinajstić information content (AvgIpc) is 2.71. The second-order valence-electron chi connectivity index (χ2n) is 7.47. The number of nitrogens with one attached hydrogen (secondary N) is 2. The van der Waals surface area contributed by atoms with E-state index in [-0.39, 0.29) is 23.2 Å². The van der Waals surface area contributed by atoms with Gasteiger partial charge >= 0.3 is 0 Å². The van der Waals surface area contributed by atoms with Crippen molar-refractivity contribution in [1.29, 1.82) is 0 Å². The van der Waals surface area contributed by atoms with Gasteiger partial charge < -0.3 is 10.6 Å². The van der Waals surface area contributed by atoms with E-state index in [2.05, 4.69) is 15.7 Å². The lowest BCUT2D eigenvalue weighted by Gasteiger charge is -2.13. The Morgan fingerprint density at radius 2 is 1.77 bits per heavy atom. The largest absolute Gasteiger partial charge is 0.324 e. The maximum Gasteiger partial charge on any atom is 0.291 e. The number of carbonyl (C=O) groups excluding carboxylic acids is 2. The molecule has 7 nitrogen and oxygen atoms in total. The SMILES string of the molecule is Cc1ccc(-c2cc(NC(=O)C(C)C)c(=O)n(CC(=O)Nc3cccc(F)c3)n2)cc1. The molecule has 0 unspecified atom stereocenters. The first-order valence-corrected chi connectivity index (χ1v) is 9.78. The smallest absolute Gasteiger partial charge is 0.291 e. The summed E-state index contributed by atoms with van der Waals surface area (Å²) in [5.41, 5.74) is 1.89. The molecular formula is C23H23FN4O3. The number of halogens is 1. The van der Waals surface area contributed by atoms with E-state index in [1.165, 1.54) is 30.3 Å². The van der Waals surface area contributed by atoms with Crippen molar-refractivity contribution < 1.29 is 14.0 Å². The second kappa shape index (κ2) is 9.34. The van der Waals surface area contributed by atoms with Gasteiger partial charge in [-0.15, -0.1) is 0 Å². The third-order valence-electron chi connectivity index (χ3n) is 4.51. The molecule has 0 atom stereocenters. The summed E-state index contributed by atoms with van der Waals surface area (Å²) in [4.78, 5) is 37.5. The Morgan fingerprint density at radius 3 is 2.42 bits per heavy atom. The van der Waals surface area contributed by atoms with Gasteiger partial charge in [-0.05, 0) is 31.2 Å². The predicted octanol–water partition coefficient (Wildman–Crippen LogP) is 3.59. The molecule has 31 heavy (non-hydrogen) atoms. The standard InChI is InChI=1S/C23H23FN4O3/c1-14(2)22(30)26-20-12-19(16-9-7-15(3)8-10-16)27-28(23(20)31)13-21(29)25-18-6-4-5-17(24)11-18/h4-12,14H,13H2,1-3H3,(H,25,29)(H,26,30). The molecule has 3 aromatic rings. The molecule has 0 aliphatic carbocycles. The van der Waals surface area contributed by atoms with Crippen molar-refractivity contribution in [2.45, 2.75) is 27.3 Å². The number of carbonyl (C=O) groups is 2. The summed E-state index contributed by atoms with van der Waals surface area (Å²) in [5, 5.41) is 9.45. The van der Waals surface area contributed by atoms with Gasteiger partial charge in [0.15, 0.2) is 0 Å². The molecule has 0 aliphatic rings. The van der Waals surface area contributed by atoms with Gasteiger partial charge in [0.25, 0.3) is 5.56 Å². The van der Waals surface area contributed by atoms with Gasteiger partial charge in [-0.25, -0.2) is 9.07 Å². The summed E-state index contributed by atoms with van der Waals surface area (Å²) in [6.07, 6.45) is 0. The highest BCUT2D eigenvalue weighted by molar-refractivity contribution is 5.93. The van der Waals surface area contributed by atoms with Gasteiger partial charge in [-0.1, -0.05) is 49.7 Å². The molecule has 1 heterocycles. The molecule has 0 aliphatic heterocycles. The lowest BCUT2D eigenvalue weighted by molar-refractivity contribution is -0.119. The minimum Gasteiger partial charge on any atom is -0.324 e. The minimum atomic E-state index is -0.612. The van der Waals surface area contributed by atoms with Crippen LogP contribution in [-0.2, 0) is 16.1 Å². The monoisotopic (exact) mass is 422 g/mol. The van der Waals surface area contributed by atoms with Gasteiger partial charge in [0.2, 0.25) is 11.8 Å². The zero-order valence-corrected chi connectivity index (χ0v) is 17.5. The average molecular weight is 422 g/mol. The van der Waals surface area contributed by atoms with Gasteiger partial charge in [0, 0.05) is 17.2 Å². The van der Waals surface area contributed by atoms with E-state index < -0.39 is 23.8 Å². The molecule has 8 heteroatoms. The summed E-state index contributed by atoms with van der Waals surface area (Å²) in [6.45, 7) is 4.97. The van der Waals surface area contributed by atoms with Crippen molar-refractivity contribution >= 4 is 23.2 Å². The first-order valence-electron chi connectivity index (χ1n) is 9.78. The lowest BCUT2D eigenvalue weighted by atomic mass is 10.1. The van der Waals surface area contributed by atoms with Gasteiger partial charge in [0.1, 0.15) is 18.0 Å². The zero-order valence-electron chi connectivity index (χ0n) is 17.5. The fourth-order valence-electron chi connectivity index (χ4n) is 2.78. The highest BCUT2D eigenvalue weighted by atomic mass is 19.1. The second-order valence-corrected chi connectivity index (χ2v) is 7.47. The molecule has 0 radical (unpaired) electrons. The highest BCUT2D eigenvalue weighted by Gasteiger charge is 2.16. The molecule has 2 aromatic carbocycles. The highest BCUT2D eigenvalue weighted by Crippen LogP contribution is 2.19. The molecular weight excluding hydrogens is 399 g/mol. The molecule has 0 spiro atoms. The molecule has 3 rings (SSSR count). The Bertz CT molecular complexity index is 1170. The van der Waals surface area contributed by atoms with E-state index in [0.717, 1.165) is 15.8 Å². The van der Waals surface area contributed by atoms with Crippen LogP contribution in [0.15, 0.2) is 59.4 Å². The van der Waals surface area contributed by atoms with E-state index in [0.29, 0.717) is 5.69 Å². The first kappa shape index (κ1) is 21.9. The number of amides is 2. The number of rotatable bonds is 6. The number of hydrogen-bond acceptors (Lipinski definition) is 4. The molecule has 1 aromatic heterocycles. The van der Waals surface area contributed by atoms with Crippen LogP contribution in [0.2, 0.25) is 0 Å². The summed E-state index contributed by atoms with van der Waals surface area (Å²) < 4.78 is 14.3.